The van der Waals surface area contributed by atoms with Crippen LogP contribution >= 0.6 is 0 Å². The maximum Gasteiger partial charge on any atom is 0.293 e. The summed E-state index contributed by atoms with van der Waals surface area (Å²) in [7, 11) is 0. The summed E-state index contributed by atoms with van der Waals surface area (Å²) >= 11 is 0. The number of anilines is 2. The molecular weight excluding hydrogens is 332 g/mol. The van der Waals surface area contributed by atoms with Crippen molar-refractivity contribution < 1.29 is 9.72 Å². The molecular formula is C19H22N4O3. The molecule has 1 aromatic heterocycles. The van der Waals surface area contributed by atoms with Crippen LogP contribution < -0.4 is 10.2 Å². The number of benzene rings is 1. The molecule has 1 aromatic carbocycles. The van der Waals surface area contributed by atoms with Gasteiger partial charge in [0.1, 0.15) is 5.69 Å². The SMILES string of the molecule is Cc1cc(C)c(NC(=O)c2ccc(N3CCCC3)c([N+](=O)[O-])c2)c(C)n1. The molecule has 7 heteroatoms. The van der Waals surface area contributed by atoms with Crippen molar-refractivity contribution in [1.29, 1.82) is 0 Å². The summed E-state index contributed by atoms with van der Waals surface area (Å²) in [5.41, 5.74) is 3.96. The summed E-state index contributed by atoms with van der Waals surface area (Å²) in [6.07, 6.45) is 2.05. The highest BCUT2D eigenvalue weighted by Crippen LogP contribution is 2.32. The molecule has 26 heavy (non-hydrogen) atoms. The molecule has 0 radical (unpaired) electrons. The van der Waals surface area contributed by atoms with Crippen LogP contribution in [0.3, 0.4) is 0 Å². The number of rotatable bonds is 4. The van der Waals surface area contributed by atoms with E-state index in [-0.39, 0.29) is 17.2 Å². The number of nitro groups is 1. The lowest BCUT2D eigenvalue weighted by atomic mass is 10.1. The summed E-state index contributed by atoms with van der Waals surface area (Å²) in [5.74, 6) is -0.377. The van der Waals surface area contributed by atoms with Crippen LogP contribution in [0.1, 0.15) is 40.2 Å². The van der Waals surface area contributed by atoms with Gasteiger partial charge in [0.05, 0.1) is 16.3 Å². The highest BCUT2D eigenvalue weighted by atomic mass is 16.6. The number of aromatic nitrogens is 1. The molecule has 3 rings (SSSR count). The molecule has 1 fully saturated rings. The molecule has 2 heterocycles. The molecule has 1 aliphatic heterocycles. The summed E-state index contributed by atoms with van der Waals surface area (Å²) in [6.45, 7) is 7.23. The number of nitro benzene ring substituents is 1. The predicted molar refractivity (Wildman–Crippen MR) is 101 cm³/mol. The van der Waals surface area contributed by atoms with E-state index in [2.05, 4.69) is 10.3 Å². The van der Waals surface area contributed by atoms with E-state index in [0.717, 1.165) is 42.9 Å². The molecule has 1 amide bonds. The van der Waals surface area contributed by atoms with Crippen molar-refractivity contribution in [2.75, 3.05) is 23.3 Å². The summed E-state index contributed by atoms with van der Waals surface area (Å²) in [4.78, 5) is 30.1. The van der Waals surface area contributed by atoms with E-state index in [1.165, 1.54) is 6.07 Å². The molecule has 0 saturated carbocycles. The lowest BCUT2D eigenvalue weighted by Gasteiger charge is -2.18. The quantitative estimate of drug-likeness (QED) is 0.667. The Hall–Kier alpha value is -2.96. The molecule has 0 atom stereocenters. The number of nitrogens with zero attached hydrogens (tertiary/aromatic N) is 3. The Labute approximate surface area is 152 Å². The number of nitrogens with one attached hydrogen (secondary N) is 1. The Morgan fingerprint density at radius 1 is 1.19 bits per heavy atom. The van der Waals surface area contributed by atoms with Crippen LogP contribution in [-0.2, 0) is 0 Å². The van der Waals surface area contributed by atoms with E-state index in [1.54, 1.807) is 12.1 Å². The van der Waals surface area contributed by atoms with Crippen molar-refractivity contribution in [1.82, 2.24) is 4.98 Å². The van der Waals surface area contributed by atoms with E-state index in [9.17, 15) is 14.9 Å². The second-order valence-electron chi connectivity index (χ2n) is 6.65. The zero-order chi connectivity index (χ0) is 18.8. The summed E-state index contributed by atoms with van der Waals surface area (Å²) in [6, 6.07) is 6.56. The zero-order valence-corrected chi connectivity index (χ0v) is 15.2. The van der Waals surface area contributed by atoms with E-state index in [0.29, 0.717) is 11.4 Å². The van der Waals surface area contributed by atoms with Crippen molar-refractivity contribution >= 4 is 23.0 Å². The lowest BCUT2D eigenvalue weighted by molar-refractivity contribution is -0.384. The molecule has 7 nitrogen and oxygen atoms in total. The van der Waals surface area contributed by atoms with Crippen molar-refractivity contribution in [2.24, 2.45) is 0 Å². The van der Waals surface area contributed by atoms with Crippen LogP contribution in [0.2, 0.25) is 0 Å². The molecule has 0 unspecified atom stereocenters. The van der Waals surface area contributed by atoms with Crippen LogP contribution in [-0.4, -0.2) is 28.9 Å². The average Bonchev–Trinajstić information content (AvgIpc) is 3.11. The van der Waals surface area contributed by atoms with E-state index in [1.807, 2.05) is 31.7 Å². The minimum Gasteiger partial charge on any atom is -0.366 e. The van der Waals surface area contributed by atoms with Crippen LogP contribution in [0.15, 0.2) is 24.3 Å². The number of pyridine rings is 1. The van der Waals surface area contributed by atoms with Gasteiger partial charge < -0.3 is 10.2 Å². The second kappa shape index (κ2) is 7.11. The molecule has 136 valence electrons. The maximum absolute atomic E-state index is 12.6. The van der Waals surface area contributed by atoms with Gasteiger partial charge in [0, 0.05) is 30.4 Å². The Kier molecular flexibility index (Phi) is 4.88. The first-order valence-electron chi connectivity index (χ1n) is 8.66. The predicted octanol–water partition coefficient (Wildman–Crippen LogP) is 3.77. The minimum atomic E-state index is -0.422. The molecule has 2 aromatic rings. The number of carbonyl (C=O) groups is 1. The lowest BCUT2D eigenvalue weighted by Crippen LogP contribution is -2.20. The Balaban J connectivity index is 1.90. The number of amides is 1. The third-order valence-electron chi connectivity index (χ3n) is 4.65. The van der Waals surface area contributed by atoms with Crippen LogP contribution in [0, 0.1) is 30.9 Å². The maximum atomic E-state index is 12.6. The molecule has 1 saturated heterocycles. The van der Waals surface area contributed by atoms with Gasteiger partial charge in [-0.15, -0.1) is 0 Å². The third kappa shape index (κ3) is 3.51. The molecule has 1 N–H and O–H groups in total. The highest BCUT2D eigenvalue weighted by Gasteiger charge is 2.24. The van der Waals surface area contributed by atoms with Crippen LogP contribution in [0.4, 0.5) is 17.1 Å². The number of carbonyl (C=O) groups excluding carboxylic acids is 1. The Bertz CT molecular complexity index is 850. The zero-order valence-electron chi connectivity index (χ0n) is 15.2. The first-order valence-corrected chi connectivity index (χ1v) is 8.66. The fourth-order valence-electron chi connectivity index (χ4n) is 3.43. The third-order valence-corrected chi connectivity index (χ3v) is 4.65. The van der Waals surface area contributed by atoms with Gasteiger partial charge in [0.2, 0.25) is 0 Å². The van der Waals surface area contributed by atoms with Crippen LogP contribution in [0.5, 0.6) is 0 Å². The van der Waals surface area contributed by atoms with Crippen molar-refractivity contribution in [3.05, 3.63) is 56.9 Å². The van der Waals surface area contributed by atoms with E-state index in [4.69, 9.17) is 0 Å². The first kappa shape index (κ1) is 17.8. The minimum absolute atomic E-state index is 0.0324. The normalized spacial score (nSPS) is 13.7. The average molecular weight is 354 g/mol. The van der Waals surface area contributed by atoms with E-state index >= 15 is 0 Å². The Morgan fingerprint density at radius 2 is 1.88 bits per heavy atom. The van der Waals surface area contributed by atoms with Gasteiger partial charge >= 0.3 is 0 Å². The molecule has 0 spiro atoms. The van der Waals surface area contributed by atoms with Gasteiger partial charge in [0.25, 0.3) is 11.6 Å². The highest BCUT2D eigenvalue weighted by molar-refractivity contribution is 6.05. The van der Waals surface area contributed by atoms with Crippen molar-refractivity contribution in [3.8, 4) is 0 Å². The summed E-state index contributed by atoms with van der Waals surface area (Å²) in [5, 5.41) is 14.3. The van der Waals surface area contributed by atoms with Crippen molar-refractivity contribution in [3.63, 3.8) is 0 Å². The van der Waals surface area contributed by atoms with Gasteiger partial charge in [-0.05, 0) is 57.4 Å². The van der Waals surface area contributed by atoms with E-state index < -0.39 is 4.92 Å². The van der Waals surface area contributed by atoms with Gasteiger partial charge in [-0.2, -0.15) is 0 Å². The topological polar surface area (TPSA) is 88.4 Å². The standard InChI is InChI=1S/C19H22N4O3/c1-12-10-13(2)20-14(3)18(12)21-19(24)15-6-7-16(17(11-15)23(25)26)22-8-4-5-9-22/h6-7,10-11H,4-5,8-9H2,1-3H3,(H,21,24). The van der Waals surface area contributed by atoms with Crippen LogP contribution in [0.25, 0.3) is 0 Å². The summed E-state index contributed by atoms with van der Waals surface area (Å²) < 4.78 is 0. The first-order chi connectivity index (χ1) is 12.4. The number of aryl methyl sites for hydroxylation is 3. The number of hydrogen-bond donors (Lipinski definition) is 1. The van der Waals surface area contributed by atoms with Gasteiger partial charge in [0.15, 0.2) is 0 Å². The van der Waals surface area contributed by atoms with Gasteiger partial charge in [-0.3, -0.25) is 19.9 Å². The van der Waals surface area contributed by atoms with Gasteiger partial charge in [-0.25, -0.2) is 0 Å². The fraction of sp³-hybridized carbons (Fsp3) is 0.368. The smallest absolute Gasteiger partial charge is 0.293 e. The molecule has 0 aliphatic carbocycles. The monoisotopic (exact) mass is 354 g/mol. The largest absolute Gasteiger partial charge is 0.366 e. The number of hydrogen-bond acceptors (Lipinski definition) is 5. The van der Waals surface area contributed by atoms with Gasteiger partial charge in [-0.1, -0.05) is 0 Å². The Morgan fingerprint density at radius 3 is 2.50 bits per heavy atom. The second-order valence-corrected chi connectivity index (χ2v) is 6.65. The molecule has 1 aliphatic rings. The molecule has 0 bridgehead atoms. The van der Waals surface area contributed by atoms with Crippen molar-refractivity contribution in [2.45, 2.75) is 33.6 Å². The fourth-order valence-corrected chi connectivity index (χ4v) is 3.43.